The predicted molar refractivity (Wildman–Crippen MR) is 130 cm³/mol. The van der Waals surface area contributed by atoms with Gasteiger partial charge < -0.3 is 5.32 Å². The number of aromatic nitrogens is 3. The van der Waals surface area contributed by atoms with E-state index in [0.717, 1.165) is 43.5 Å². The fourth-order valence-electron chi connectivity index (χ4n) is 3.53. The molecule has 0 atom stereocenters. The van der Waals surface area contributed by atoms with Crippen LogP contribution in [0, 0.1) is 13.8 Å². The van der Waals surface area contributed by atoms with E-state index in [4.69, 9.17) is 4.98 Å². The van der Waals surface area contributed by atoms with Crippen molar-refractivity contribution in [2.24, 2.45) is 0 Å². The number of carbonyl (C=O) groups is 2. The number of anilines is 1. The highest BCUT2D eigenvalue weighted by Gasteiger charge is 2.21. The lowest BCUT2D eigenvalue weighted by Gasteiger charge is -2.08. The average Bonchev–Trinajstić information content (AvgIpc) is 3.50. The molecule has 1 aliphatic heterocycles. The topological polar surface area (TPSA) is 84.8 Å². The number of fused-ring (bicyclic) bond motifs is 1. The largest absolute Gasteiger partial charge is 0.326 e. The van der Waals surface area contributed by atoms with Crippen molar-refractivity contribution in [2.75, 3.05) is 11.1 Å². The number of aryl methyl sites for hydroxylation is 2. The third-order valence-electron chi connectivity index (χ3n) is 5.21. The molecule has 0 bridgehead atoms. The Morgan fingerprint density at radius 3 is 2.44 bits per heavy atom. The molecule has 0 fully saturated rings. The molecule has 3 aromatic heterocycles. The van der Waals surface area contributed by atoms with E-state index < -0.39 is 0 Å². The van der Waals surface area contributed by atoms with E-state index in [1.807, 2.05) is 10.8 Å². The van der Waals surface area contributed by atoms with Gasteiger partial charge in [-0.15, -0.1) is 32.9 Å². The maximum absolute atomic E-state index is 12.8. The normalized spacial score (nSPS) is 12.6. The van der Waals surface area contributed by atoms with Crippen molar-refractivity contribution in [3.63, 3.8) is 0 Å². The first-order valence-corrected chi connectivity index (χ1v) is 12.7. The molecule has 9 heteroatoms. The lowest BCUT2D eigenvalue weighted by molar-refractivity contribution is -0.115. The van der Waals surface area contributed by atoms with Crippen LogP contribution in [0.2, 0.25) is 0 Å². The van der Waals surface area contributed by atoms with Gasteiger partial charge in [-0.05, 0) is 71.6 Å². The van der Waals surface area contributed by atoms with Crippen molar-refractivity contribution in [1.29, 1.82) is 0 Å². The van der Waals surface area contributed by atoms with E-state index in [0.29, 0.717) is 17.1 Å². The van der Waals surface area contributed by atoms with Crippen LogP contribution < -0.4 is 5.32 Å². The van der Waals surface area contributed by atoms with Gasteiger partial charge in [-0.3, -0.25) is 9.59 Å². The Balaban J connectivity index is 1.41. The van der Waals surface area contributed by atoms with Crippen molar-refractivity contribution < 1.29 is 9.59 Å². The van der Waals surface area contributed by atoms with Gasteiger partial charge >= 0.3 is 0 Å². The van der Waals surface area contributed by atoms with Crippen molar-refractivity contribution in [1.82, 2.24) is 15.2 Å². The number of thioether (sulfide) groups is 1. The van der Waals surface area contributed by atoms with E-state index >= 15 is 0 Å². The molecular weight excluding hydrogens is 460 g/mol. The molecule has 160 valence electrons. The van der Waals surface area contributed by atoms with E-state index in [-0.39, 0.29) is 17.4 Å². The van der Waals surface area contributed by atoms with Crippen molar-refractivity contribution in [3.8, 4) is 21.1 Å². The van der Waals surface area contributed by atoms with E-state index in [1.54, 1.807) is 40.9 Å². The molecule has 1 aromatic carbocycles. The Kier molecular flexibility index (Phi) is 5.62. The summed E-state index contributed by atoms with van der Waals surface area (Å²) >= 11 is 4.53. The summed E-state index contributed by atoms with van der Waals surface area (Å²) < 4.78 is 0. The Morgan fingerprint density at radius 2 is 1.75 bits per heavy atom. The van der Waals surface area contributed by atoms with Crippen LogP contribution in [0.4, 0.5) is 5.69 Å². The molecule has 0 unspecified atom stereocenters. The number of rotatable bonds is 6. The fraction of sp³-hybridized carbons (Fsp3) is 0.174. The van der Waals surface area contributed by atoms with Crippen molar-refractivity contribution in [3.05, 3.63) is 63.3 Å². The SMILES string of the molecule is Cc1ccsc1-c1nnc(SCC(=O)c2ccc3c(c2)CC(=O)N3)nc1-c1sccc1C. The molecule has 4 aromatic rings. The number of ketones is 1. The van der Waals surface area contributed by atoms with E-state index in [9.17, 15) is 9.59 Å². The van der Waals surface area contributed by atoms with Crippen LogP contribution in [0.5, 0.6) is 0 Å². The second kappa shape index (κ2) is 8.57. The summed E-state index contributed by atoms with van der Waals surface area (Å²) in [5.41, 5.74) is 6.07. The summed E-state index contributed by atoms with van der Waals surface area (Å²) in [6.45, 7) is 4.11. The zero-order chi connectivity index (χ0) is 22.2. The quantitative estimate of drug-likeness (QED) is 0.294. The minimum atomic E-state index is -0.0454. The molecule has 0 saturated heterocycles. The molecule has 0 spiro atoms. The second-order valence-electron chi connectivity index (χ2n) is 7.47. The predicted octanol–water partition coefficient (Wildman–Crippen LogP) is 5.42. The molecule has 0 aliphatic carbocycles. The van der Waals surface area contributed by atoms with Gasteiger partial charge in [0.05, 0.1) is 21.9 Å². The van der Waals surface area contributed by atoms with Crippen molar-refractivity contribution in [2.45, 2.75) is 25.4 Å². The number of hydrogen-bond donors (Lipinski definition) is 1. The van der Waals surface area contributed by atoms with Crippen LogP contribution in [0.25, 0.3) is 21.1 Å². The van der Waals surface area contributed by atoms with Crippen LogP contribution in [-0.4, -0.2) is 32.6 Å². The van der Waals surface area contributed by atoms with Crippen LogP contribution in [0.3, 0.4) is 0 Å². The van der Waals surface area contributed by atoms with Crippen molar-refractivity contribution >= 4 is 51.8 Å². The summed E-state index contributed by atoms with van der Waals surface area (Å²) in [6, 6.07) is 9.45. The third kappa shape index (κ3) is 3.99. The number of thiophene rings is 2. The zero-order valence-corrected chi connectivity index (χ0v) is 19.8. The van der Waals surface area contributed by atoms with Gasteiger partial charge in [-0.1, -0.05) is 11.8 Å². The molecular formula is C23H18N4O2S3. The number of carbonyl (C=O) groups excluding carboxylic acids is 2. The highest BCUT2D eigenvalue weighted by molar-refractivity contribution is 7.99. The Hall–Kier alpha value is -2.88. The summed E-state index contributed by atoms with van der Waals surface area (Å²) in [5.74, 6) is 0.117. The number of nitrogens with zero attached hydrogens (tertiary/aromatic N) is 3. The Bertz CT molecular complexity index is 1360. The molecule has 0 saturated carbocycles. The van der Waals surface area contributed by atoms with Gasteiger partial charge in [0.2, 0.25) is 11.1 Å². The second-order valence-corrected chi connectivity index (χ2v) is 10.2. The standard InChI is InChI=1S/C23H18N4O2S3/c1-12-5-7-30-21(12)19-20(22-13(2)6-8-31-22)26-27-23(25-19)32-11-17(28)14-3-4-16-15(9-14)10-18(29)24-16/h3-9H,10-11H2,1-2H3,(H,24,29). The molecule has 0 radical (unpaired) electrons. The van der Waals surface area contributed by atoms with Crippen LogP contribution in [0.15, 0.2) is 46.2 Å². The monoisotopic (exact) mass is 478 g/mol. The number of nitrogens with one attached hydrogen (secondary N) is 1. The molecule has 32 heavy (non-hydrogen) atoms. The summed E-state index contributed by atoms with van der Waals surface area (Å²) in [7, 11) is 0. The molecule has 1 amide bonds. The highest BCUT2D eigenvalue weighted by atomic mass is 32.2. The number of hydrogen-bond acceptors (Lipinski definition) is 8. The van der Waals surface area contributed by atoms with Crippen LogP contribution in [-0.2, 0) is 11.2 Å². The third-order valence-corrected chi connectivity index (χ3v) is 8.09. The smallest absolute Gasteiger partial charge is 0.228 e. The Morgan fingerprint density at radius 1 is 1.03 bits per heavy atom. The minimum absolute atomic E-state index is 0.0345. The Labute approximate surface area is 197 Å². The molecule has 1 N–H and O–H groups in total. The van der Waals surface area contributed by atoms with Gasteiger partial charge in [0, 0.05) is 11.3 Å². The van der Waals surface area contributed by atoms with E-state index in [2.05, 4.69) is 41.5 Å². The van der Waals surface area contributed by atoms with Gasteiger partial charge in [-0.2, -0.15) is 0 Å². The summed E-state index contributed by atoms with van der Waals surface area (Å²) in [4.78, 5) is 31.2. The summed E-state index contributed by atoms with van der Waals surface area (Å²) in [6.07, 6.45) is 0.309. The summed E-state index contributed by atoms with van der Waals surface area (Å²) in [5, 5.41) is 16.2. The number of Topliss-reactive ketones (excluding diaryl/α,β-unsaturated/α-hetero) is 1. The fourth-order valence-corrected chi connectivity index (χ4v) is 6.04. The average molecular weight is 479 g/mol. The highest BCUT2D eigenvalue weighted by Crippen LogP contribution is 2.38. The molecule has 1 aliphatic rings. The lowest BCUT2D eigenvalue weighted by atomic mass is 10.1. The van der Waals surface area contributed by atoms with Gasteiger partial charge in [-0.25, -0.2) is 4.98 Å². The molecule has 6 nitrogen and oxygen atoms in total. The lowest BCUT2D eigenvalue weighted by Crippen LogP contribution is -2.05. The number of amides is 1. The molecule has 5 rings (SSSR count). The first-order chi connectivity index (χ1) is 15.5. The molecule has 4 heterocycles. The van der Waals surface area contributed by atoms with Gasteiger partial charge in [0.15, 0.2) is 5.78 Å². The first kappa shape index (κ1) is 21.0. The van der Waals surface area contributed by atoms with E-state index in [1.165, 1.54) is 11.8 Å². The maximum atomic E-state index is 12.8. The van der Waals surface area contributed by atoms with Crippen LogP contribution in [0.1, 0.15) is 27.0 Å². The zero-order valence-electron chi connectivity index (χ0n) is 17.3. The number of benzene rings is 1. The minimum Gasteiger partial charge on any atom is -0.326 e. The first-order valence-electron chi connectivity index (χ1n) is 9.92. The van der Waals surface area contributed by atoms with Gasteiger partial charge in [0.25, 0.3) is 0 Å². The van der Waals surface area contributed by atoms with Gasteiger partial charge in [0.1, 0.15) is 11.4 Å². The van der Waals surface area contributed by atoms with Crippen LogP contribution >= 0.6 is 34.4 Å². The maximum Gasteiger partial charge on any atom is 0.228 e.